The molecule has 2 atom stereocenters. The molecule has 0 saturated carbocycles. The van der Waals surface area contributed by atoms with E-state index in [1.54, 1.807) is 0 Å². The molecule has 0 N–H and O–H groups in total. The summed E-state index contributed by atoms with van der Waals surface area (Å²) in [5.41, 5.74) is 0. The smallest absolute Gasteiger partial charge is 0.404 e. The molecule has 5 heteroatoms. The molecule has 0 bridgehead atoms. The lowest BCUT2D eigenvalue weighted by Gasteiger charge is -2.04. The van der Waals surface area contributed by atoms with E-state index < -0.39 is 11.9 Å². The molecule has 0 aromatic heterocycles. The van der Waals surface area contributed by atoms with Crippen LogP contribution in [-0.4, -0.2) is 24.1 Å². The lowest BCUT2D eigenvalue weighted by Crippen LogP contribution is -2.24. The lowest BCUT2D eigenvalue weighted by molar-refractivity contribution is 0.187. The summed E-state index contributed by atoms with van der Waals surface area (Å²) in [6, 6.07) is 0. The van der Waals surface area contributed by atoms with E-state index in [4.69, 9.17) is 32.5 Å². The van der Waals surface area contributed by atoms with Crippen LogP contribution in [0.15, 0.2) is 0 Å². The molecule has 1 heterocycles. The molecule has 0 amide bonds. The van der Waals surface area contributed by atoms with Gasteiger partial charge >= 0.3 is 7.12 Å². The Bertz CT molecular complexity index is 112. The van der Waals surface area contributed by atoms with Crippen LogP contribution in [0.25, 0.3) is 0 Å². The maximum absolute atomic E-state index is 5.53. The van der Waals surface area contributed by atoms with E-state index in [1.807, 2.05) is 13.8 Å². The Morgan fingerprint density at radius 2 is 1.60 bits per heavy atom. The van der Waals surface area contributed by atoms with Gasteiger partial charge in [0.15, 0.2) is 0 Å². The highest BCUT2D eigenvalue weighted by Gasteiger charge is 2.39. The topological polar surface area (TPSA) is 18.5 Å². The Labute approximate surface area is 70.9 Å². The molecule has 0 radical (unpaired) electrons. The van der Waals surface area contributed by atoms with Gasteiger partial charge in [0.1, 0.15) is 4.74 Å². The zero-order valence-corrected chi connectivity index (χ0v) is 7.39. The van der Waals surface area contributed by atoms with Crippen molar-refractivity contribution in [2.75, 3.05) is 0 Å². The molecule has 1 aliphatic rings. The minimum absolute atomic E-state index is 0.0880. The Morgan fingerprint density at radius 1 is 1.20 bits per heavy atom. The second-order valence-corrected chi connectivity index (χ2v) is 3.55. The minimum Gasteiger partial charge on any atom is -0.404 e. The van der Waals surface area contributed by atoms with Crippen LogP contribution in [0, 0.1) is 0 Å². The third-order valence-electron chi connectivity index (χ3n) is 1.56. The molecule has 1 fully saturated rings. The number of alkyl halides is 2. The van der Waals surface area contributed by atoms with Gasteiger partial charge in [-0.1, -0.05) is 0 Å². The summed E-state index contributed by atoms with van der Waals surface area (Å²) in [6.45, 7) is 3.86. The van der Waals surface area contributed by atoms with Gasteiger partial charge in [0, 0.05) is 0 Å². The van der Waals surface area contributed by atoms with Crippen LogP contribution in [0.5, 0.6) is 0 Å². The van der Waals surface area contributed by atoms with Crippen molar-refractivity contribution in [3.63, 3.8) is 0 Å². The molecule has 1 aliphatic heterocycles. The Hall–Kier alpha value is 0.565. The first-order chi connectivity index (χ1) is 4.61. The quantitative estimate of drug-likeness (QED) is 0.454. The van der Waals surface area contributed by atoms with Gasteiger partial charge in [-0.3, -0.25) is 0 Å². The van der Waals surface area contributed by atoms with Gasteiger partial charge in [0.2, 0.25) is 0 Å². The second kappa shape index (κ2) is 3.31. The molecule has 1 saturated heterocycles. The van der Waals surface area contributed by atoms with Crippen LogP contribution in [0.2, 0.25) is 0 Å². The van der Waals surface area contributed by atoms with Crippen LogP contribution in [0.3, 0.4) is 0 Å². The zero-order chi connectivity index (χ0) is 7.72. The van der Waals surface area contributed by atoms with Gasteiger partial charge in [0.25, 0.3) is 0 Å². The Kier molecular flexibility index (Phi) is 2.86. The molecule has 2 unspecified atom stereocenters. The number of hydrogen-bond acceptors (Lipinski definition) is 2. The fourth-order valence-corrected chi connectivity index (χ4v) is 1.03. The molecule has 0 aromatic carbocycles. The molecule has 1 rings (SSSR count). The third-order valence-corrected chi connectivity index (χ3v) is 1.98. The fourth-order valence-electron chi connectivity index (χ4n) is 0.795. The standard InChI is InChI=1S/C5H9BCl2O2/c1-3-4(2)10-6(9-3)5(7)8/h3-5H,1-2H3. The summed E-state index contributed by atoms with van der Waals surface area (Å²) in [7, 11) is -0.451. The average Bonchev–Trinajstić information content (AvgIpc) is 2.13. The number of halogens is 2. The molecule has 0 spiro atoms. The fraction of sp³-hybridized carbons (Fsp3) is 1.00. The van der Waals surface area contributed by atoms with Crippen LogP contribution < -0.4 is 0 Å². The van der Waals surface area contributed by atoms with E-state index in [0.29, 0.717) is 0 Å². The van der Waals surface area contributed by atoms with E-state index >= 15 is 0 Å². The van der Waals surface area contributed by atoms with Crippen LogP contribution >= 0.6 is 23.2 Å². The van der Waals surface area contributed by atoms with Crippen molar-refractivity contribution in [2.24, 2.45) is 0 Å². The molecule has 2 nitrogen and oxygen atoms in total. The summed E-state index contributed by atoms with van der Waals surface area (Å²) in [5, 5.41) is 0. The van der Waals surface area contributed by atoms with Gasteiger partial charge in [-0.05, 0) is 13.8 Å². The average molecular weight is 183 g/mol. The Morgan fingerprint density at radius 3 is 1.80 bits per heavy atom. The van der Waals surface area contributed by atoms with Gasteiger partial charge in [-0.2, -0.15) is 0 Å². The summed E-state index contributed by atoms with van der Waals surface area (Å²) in [4.78, 5) is 0. The van der Waals surface area contributed by atoms with E-state index in [0.717, 1.165) is 0 Å². The van der Waals surface area contributed by atoms with Crippen LogP contribution in [0.4, 0.5) is 0 Å². The van der Waals surface area contributed by atoms with Gasteiger partial charge in [0.05, 0.1) is 12.2 Å². The largest absolute Gasteiger partial charge is 0.492 e. The van der Waals surface area contributed by atoms with E-state index in [1.165, 1.54) is 0 Å². The van der Waals surface area contributed by atoms with Gasteiger partial charge < -0.3 is 9.31 Å². The predicted molar refractivity (Wildman–Crippen MR) is 42.3 cm³/mol. The third kappa shape index (κ3) is 1.79. The van der Waals surface area contributed by atoms with E-state index in [9.17, 15) is 0 Å². The van der Waals surface area contributed by atoms with Crippen molar-refractivity contribution >= 4 is 30.3 Å². The van der Waals surface area contributed by atoms with Crippen molar-refractivity contribution in [1.29, 1.82) is 0 Å². The first kappa shape index (κ1) is 8.66. The highest BCUT2D eigenvalue weighted by molar-refractivity contribution is 6.73. The molecule has 10 heavy (non-hydrogen) atoms. The minimum atomic E-state index is -0.590. The highest BCUT2D eigenvalue weighted by Crippen LogP contribution is 2.21. The first-order valence-corrected chi connectivity index (χ1v) is 4.07. The number of hydrogen-bond donors (Lipinski definition) is 0. The summed E-state index contributed by atoms with van der Waals surface area (Å²) in [5.74, 6) is 0. The molecule has 0 aromatic rings. The van der Waals surface area contributed by atoms with Crippen molar-refractivity contribution < 1.29 is 9.31 Å². The van der Waals surface area contributed by atoms with Crippen molar-refractivity contribution in [3.05, 3.63) is 0 Å². The summed E-state index contributed by atoms with van der Waals surface area (Å²) < 4.78 is 9.91. The molecule has 0 aliphatic carbocycles. The summed E-state index contributed by atoms with van der Waals surface area (Å²) in [6.07, 6.45) is 0.176. The normalized spacial score (nSPS) is 33.9. The molecule has 58 valence electrons. The van der Waals surface area contributed by atoms with E-state index in [-0.39, 0.29) is 12.2 Å². The van der Waals surface area contributed by atoms with Gasteiger partial charge in [-0.25, -0.2) is 0 Å². The monoisotopic (exact) mass is 182 g/mol. The highest BCUT2D eigenvalue weighted by atomic mass is 35.5. The van der Waals surface area contributed by atoms with Crippen molar-refractivity contribution in [3.8, 4) is 0 Å². The second-order valence-electron chi connectivity index (χ2n) is 2.39. The lowest BCUT2D eigenvalue weighted by atomic mass is 9.95. The van der Waals surface area contributed by atoms with Crippen LogP contribution in [0.1, 0.15) is 13.8 Å². The maximum Gasteiger partial charge on any atom is 0.492 e. The van der Waals surface area contributed by atoms with Crippen LogP contribution in [-0.2, 0) is 9.31 Å². The predicted octanol–water partition coefficient (Wildman–Crippen LogP) is 1.64. The molecular formula is C5H9BCl2O2. The summed E-state index contributed by atoms with van der Waals surface area (Å²) >= 11 is 11.1. The van der Waals surface area contributed by atoms with E-state index in [2.05, 4.69) is 0 Å². The number of rotatable bonds is 1. The first-order valence-electron chi connectivity index (χ1n) is 3.20. The Balaban J connectivity index is 2.41. The van der Waals surface area contributed by atoms with Gasteiger partial charge in [-0.15, -0.1) is 23.2 Å². The SMILES string of the molecule is CC1OB(C(Cl)Cl)OC1C. The molecular weight excluding hydrogens is 174 g/mol. The van der Waals surface area contributed by atoms with Crippen molar-refractivity contribution in [2.45, 2.75) is 30.8 Å². The van der Waals surface area contributed by atoms with Crippen molar-refractivity contribution in [1.82, 2.24) is 0 Å². The zero-order valence-electron chi connectivity index (χ0n) is 5.88. The maximum atomic E-state index is 5.53.